The first kappa shape index (κ1) is 20.8. The lowest BCUT2D eigenvalue weighted by molar-refractivity contribution is 0.242. The summed E-state index contributed by atoms with van der Waals surface area (Å²) in [5.74, 6) is 1.55. The maximum Gasteiger partial charge on any atom is 0.187 e. The van der Waals surface area contributed by atoms with Crippen LogP contribution in [0.2, 0.25) is 0 Å². The molecule has 2 N–H and O–H groups in total. The second kappa shape index (κ2) is 7.83. The van der Waals surface area contributed by atoms with Crippen molar-refractivity contribution in [2.45, 2.75) is 51.8 Å². The molecule has 0 saturated carbocycles. The molecule has 0 aliphatic carbocycles. The first-order valence-corrected chi connectivity index (χ1v) is 11.2. The molecule has 7 heteroatoms. The van der Waals surface area contributed by atoms with E-state index in [0.29, 0.717) is 0 Å². The molecule has 1 fully saturated rings. The summed E-state index contributed by atoms with van der Waals surface area (Å²) >= 11 is 0. The average molecular weight is 431 g/mol. The molecule has 3 aromatic heterocycles. The van der Waals surface area contributed by atoms with E-state index in [0.717, 1.165) is 53.3 Å². The van der Waals surface area contributed by atoms with Gasteiger partial charge in [-0.2, -0.15) is 0 Å². The number of hydrogen-bond acceptors (Lipinski definition) is 6. The molecular formula is C25H30N6O. The number of likely N-dealkylation sites (tertiary alicyclic amines) is 1. The zero-order valence-corrected chi connectivity index (χ0v) is 19.1. The van der Waals surface area contributed by atoms with Crippen LogP contribution in [0.25, 0.3) is 28.1 Å². The van der Waals surface area contributed by atoms with Gasteiger partial charge < -0.3 is 10.5 Å². The van der Waals surface area contributed by atoms with Gasteiger partial charge in [0.15, 0.2) is 11.5 Å². The molecule has 4 heterocycles. The Hall–Kier alpha value is -3.03. The minimum Gasteiger partial charge on any atom is -0.491 e. The lowest BCUT2D eigenvalue weighted by Gasteiger charge is -2.26. The minimum absolute atomic E-state index is 0.115. The maximum absolute atomic E-state index is 6.36. The highest BCUT2D eigenvalue weighted by atomic mass is 16.5. The number of rotatable bonds is 5. The van der Waals surface area contributed by atoms with Gasteiger partial charge >= 0.3 is 0 Å². The fourth-order valence-corrected chi connectivity index (χ4v) is 4.46. The lowest BCUT2D eigenvalue weighted by atomic mass is 10.0. The third-order valence-corrected chi connectivity index (χ3v) is 6.25. The van der Waals surface area contributed by atoms with Gasteiger partial charge in [-0.15, -0.1) is 10.2 Å². The first-order chi connectivity index (χ1) is 15.3. The van der Waals surface area contributed by atoms with Crippen LogP contribution < -0.4 is 10.5 Å². The van der Waals surface area contributed by atoms with E-state index in [1.54, 1.807) is 0 Å². The van der Waals surface area contributed by atoms with Crippen LogP contribution >= 0.6 is 0 Å². The van der Waals surface area contributed by atoms with Crippen molar-refractivity contribution in [3.8, 4) is 17.3 Å². The molecule has 7 nitrogen and oxygen atoms in total. The van der Waals surface area contributed by atoms with Gasteiger partial charge in [0, 0.05) is 42.3 Å². The molecule has 0 unspecified atom stereocenters. The lowest BCUT2D eigenvalue weighted by Crippen LogP contribution is -2.39. The molecule has 1 aliphatic heterocycles. The first-order valence-electron chi connectivity index (χ1n) is 11.2. The molecule has 5 rings (SSSR count). The number of nitrogens with zero attached hydrogens (tertiary/aromatic N) is 5. The van der Waals surface area contributed by atoms with Crippen molar-refractivity contribution in [2.75, 3.05) is 13.1 Å². The maximum atomic E-state index is 6.36. The van der Waals surface area contributed by atoms with Gasteiger partial charge in [-0.25, -0.2) is 4.98 Å². The van der Waals surface area contributed by atoms with Crippen LogP contribution in [-0.2, 0) is 0 Å². The zero-order valence-electron chi connectivity index (χ0n) is 19.1. The van der Waals surface area contributed by atoms with Crippen molar-refractivity contribution < 1.29 is 4.74 Å². The SMILES string of the molecule is CC(C)Oc1ccc2ccc(-c3nnc4ccc([C@@H](C)N5CC[C@](C)(N)C5)cn34)nc2c1. The summed E-state index contributed by atoms with van der Waals surface area (Å²) in [6, 6.07) is 14.5. The van der Waals surface area contributed by atoms with Crippen molar-refractivity contribution in [2.24, 2.45) is 5.73 Å². The van der Waals surface area contributed by atoms with Crippen molar-refractivity contribution in [3.63, 3.8) is 0 Å². The predicted octanol–water partition coefficient (Wildman–Crippen LogP) is 4.22. The second-order valence-corrected chi connectivity index (χ2v) is 9.48. The molecule has 0 radical (unpaired) electrons. The topological polar surface area (TPSA) is 81.6 Å². The van der Waals surface area contributed by atoms with E-state index in [9.17, 15) is 0 Å². The van der Waals surface area contributed by atoms with Gasteiger partial charge in [0.05, 0.1) is 11.6 Å². The molecule has 0 bridgehead atoms. The van der Waals surface area contributed by atoms with E-state index >= 15 is 0 Å². The third-order valence-electron chi connectivity index (χ3n) is 6.25. The van der Waals surface area contributed by atoms with E-state index < -0.39 is 0 Å². The van der Waals surface area contributed by atoms with Gasteiger partial charge in [0.2, 0.25) is 0 Å². The molecule has 0 amide bonds. The van der Waals surface area contributed by atoms with Gasteiger partial charge in [0.25, 0.3) is 0 Å². The number of fused-ring (bicyclic) bond motifs is 2. The zero-order chi connectivity index (χ0) is 22.5. The highest BCUT2D eigenvalue weighted by Crippen LogP contribution is 2.30. The van der Waals surface area contributed by atoms with Crippen LogP contribution in [0.5, 0.6) is 5.75 Å². The van der Waals surface area contributed by atoms with E-state index in [1.807, 2.05) is 48.6 Å². The quantitative estimate of drug-likeness (QED) is 0.511. The van der Waals surface area contributed by atoms with Gasteiger partial charge in [-0.05, 0) is 63.9 Å². The van der Waals surface area contributed by atoms with Crippen molar-refractivity contribution in [1.29, 1.82) is 0 Å². The Labute approximate surface area is 188 Å². The van der Waals surface area contributed by atoms with E-state index in [2.05, 4.69) is 47.3 Å². The summed E-state index contributed by atoms with van der Waals surface area (Å²) < 4.78 is 7.88. The predicted molar refractivity (Wildman–Crippen MR) is 127 cm³/mol. The largest absolute Gasteiger partial charge is 0.491 e. The standard InChI is InChI=1S/C25H30N6O/c1-16(2)32-20-8-5-18-6-9-21(27-22(18)13-20)24-29-28-23-10-7-19(14-31(23)24)17(3)30-12-11-25(4,26)15-30/h5-10,13-14,16-17H,11-12,15,26H2,1-4H3/t17-,25+/m1/s1. The Morgan fingerprint density at radius 3 is 2.62 bits per heavy atom. The minimum atomic E-state index is -0.118. The Morgan fingerprint density at radius 1 is 1.06 bits per heavy atom. The molecule has 0 spiro atoms. The third kappa shape index (κ3) is 3.94. The number of aromatic nitrogens is 4. The Morgan fingerprint density at radius 2 is 1.88 bits per heavy atom. The summed E-state index contributed by atoms with van der Waals surface area (Å²) in [6.45, 7) is 10.3. The van der Waals surface area contributed by atoms with Crippen LogP contribution in [-0.4, -0.2) is 49.2 Å². The molecule has 32 heavy (non-hydrogen) atoms. The summed E-state index contributed by atoms with van der Waals surface area (Å²) in [4.78, 5) is 7.32. The normalized spacial score (nSPS) is 20.4. The molecule has 4 aromatic rings. The number of ether oxygens (including phenoxy) is 1. The Bertz CT molecular complexity index is 1280. The van der Waals surface area contributed by atoms with Crippen LogP contribution in [0, 0.1) is 0 Å². The monoisotopic (exact) mass is 430 g/mol. The van der Waals surface area contributed by atoms with E-state index in [4.69, 9.17) is 15.5 Å². The fraction of sp³-hybridized carbons (Fsp3) is 0.400. The molecule has 2 atom stereocenters. The Kier molecular flexibility index (Phi) is 5.10. The molecule has 166 valence electrons. The number of nitrogens with two attached hydrogens (primary N) is 1. The molecule has 1 aliphatic rings. The summed E-state index contributed by atoms with van der Waals surface area (Å²) in [5.41, 5.74) is 9.92. The van der Waals surface area contributed by atoms with Crippen molar-refractivity contribution >= 4 is 16.6 Å². The molecule has 1 aromatic carbocycles. The van der Waals surface area contributed by atoms with Gasteiger partial charge in [-0.3, -0.25) is 9.30 Å². The fourth-order valence-electron chi connectivity index (χ4n) is 4.46. The van der Waals surface area contributed by atoms with Gasteiger partial charge in [0.1, 0.15) is 11.4 Å². The van der Waals surface area contributed by atoms with Crippen LogP contribution in [0.3, 0.4) is 0 Å². The number of hydrogen-bond donors (Lipinski definition) is 1. The van der Waals surface area contributed by atoms with Crippen LogP contribution in [0.4, 0.5) is 0 Å². The summed E-state index contributed by atoms with van der Waals surface area (Å²) in [6.07, 6.45) is 3.26. The second-order valence-electron chi connectivity index (χ2n) is 9.48. The highest BCUT2D eigenvalue weighted by molar-refractivity contribution is 5.82. The molecular weight excluding hydrogens is 400 g/mol. The number of benzene rings is 1. The van der Waals surface area contributed by atoms with Crippen LogP contribution in [0.1, 0.15) is 45.7 Å². The molecule has 1 saturated heterocycles. The van der Waals surface area contributed by atoms with E-state index in [1.165, 1.54) is 5.56 Å². The Balaban J connectivity index is 1.51. The smallest absolute Gasteiger partial charge is 0.187 e. The van der Waals surface area contributed by atoms with Crippen molar-refractivity contribution in [3.05, 3.63) is 54.2 Å². The summed E-state index contributed by atoms with van der Waals surface area (Å²) in [7, 11) is 0. The van der Waals surface area contributed by atoms with Gasteiger partial charge in [-0.1, -0.05) is 12.1 Å². The van der Waals surface area contributed by atoms with E-state index in [-0.39, 0.29) is 17.7 Å². The highest BCUT2D eigenvalue weighted by Gasteiger charge is 2.32. The van der Waals surface area contributed by atoms with Crippen molar-refractivity contribution in [1.82, 2.24) is 24.5 Å². The average Bonchev–Trinajstić information content (AvgIpc) is 3.34. The van der Waals surface area contributed by atoms with Crippen LogP contribution in [0.15, 0.2) is 48.7 Å². The summed E-state index contributed by atoms with van der Waals surface area (Å²) in [5, 5.41) is 9.88. The number of pyridine rings is 2.